The first-order valence-electron chi connectivity index (χ1n) is 16.2. The number of nitrogens with zero attached hydrogens (tertiary/aromatic N) is 6. The van der Waals surface area contributed by atoms with Crippen LogP contribution in [0.3, 0.4) is 0 Å². The third-order valence-corrected chi connectivity index (χ3v) is 9.61. The van der Waals surface area contributed by atoms with Crippen LogP contribution in [0, 0.1) is 5.82 Å². The van der Waals surface area contributed by atoms with Gasteiger partial charge in [0.05, 0.1) is 12.5 Å². The van der Waals surface area contributed by atoms with Crippen LogP contribution in [0.5, 0.6) is 6.01 Å². The predicted octanol–water partition coefficient (Wildman–Crippen LogP) is 7.01. The number of rotatable bonds is 5. The quantitative estimate of drug-likeness (QED) is 0.290. The van der Waals surface area contributed by atoms with Crippen molar-refractivity contribution in [1.82, 2.24) is 24.8 Å². The second-order valence-electron chi connectivity index (χ2n) is 13.8. The number of aromatic nitrogens is 3. The van der Waals surface area contributed by atoms with E-state index in [4.69, 9.17) is 21.1 Å². The maximum Gasteiger partial charge on any atom is 0.410 e. The SMILES string of the molecule is COc1nc(N(C)C2CCN(C(=O)OC(C)(C)C)C2)c2cnc(-c3cccc(Cl)c3C3CC3)c(F)c2n1.FC1CC2CCCN2C1. The van der Waals surface area contributed by atoms with E-state index in [1.807, 2.05) is 50.9 Å². The molecule has 1 aliphatic carbocycles. The Bertz CT molecular complexity index is 1590. The van der Waals surface area contributed by atoms with Crippen molar-refractivity contribution in [2.45, 2.75) is 89.1 Å². The number of carbonyl (C=O) groups excluding carboxylic acids is 1. The summed E-state index contributed by atoms with van der Waals surface area (Å²) in [7, 11) is 3.32. The van der Waals surface area contributed by atoms with Gasteiger partial charge in [-0.05, 0) is 83.4 Å². The highest BCUT2D eigenvalue weighted by Crippen LogP contribution is 2.48. The topological polar surface area (TPSA) is 83.9 Å². The molecule has 1 aromatic carbocycles. The highest BCUT2D eigenvalue weighted by atomic mass is 35.5. The van der Waals surface area contributed by atoms with Crippen molar-refractivity contribution in [2.24, 2.45) is 0 Å². The van der Waals surface area contributed by atoms with Crippen LogP contribution < -0.4 is 9.64 Å². The van der Waals surface area contributed by atoms with Gasteiger partial charge in [0.2, 0.25) is 0 Å². The molecule has 248 valence electrons. The molecule has 3 aliphatic heterocycles. The maximum absolute atomic E-state index is 16.1. The summed E-state index contributed by atoms with van der Waals surface area (Å²) >= 11 is 6.50. The zero-order valence-corrected chi connectivity index (χ0v) is 28.0. The zero-order chi connectivity index (χ0) is 32.7. The van der Waals surface area contributed by atoms with Crippen LogP contribution in [0.2, 0.25) is 5.02 Å². The highest BCUT2D eigenvalue weighted by Gasteiger charge is 2.36. The van der Waals surface area contributed by atoms with E-state index in [-0.39, 0.29) is 29.4 Å². The number of methoxy groups -OCH3 is 1. The number of anilines is 1. The predicted molar refractivity (Wildman–Crippen MR) is 175 cm³/mol. The molecule has 3 unspecified atom stereocenters. The van der Waals surface area contributed by atoms with E-state index in [2.05, 4.69) is 19.9 Å². The molecule has 46 heavy (non-hydrogen) atoms. The van der Waals surface area contributed by atoms with Crippen LogP contribution in [0.25, 0.3) is 22.2 Å². The number of likely N-dealkylation sites (tertiary alicyclic amines) is 1. The Morgan fingerprint density at radius 2 is 1.89 bits per heavy atom. The summed E-state index contributed by atoms with van der Waals surface area (Å²) in [5, 5.41) is 1.09. The Balaban J connectivity index is 0.000000352. The first-order chi connectivity index (χ1) is 21.9. The van der Waals surface area contributed by atoms with Gasteiger partial charge in [-0.2, -0.15) is 9.97 Å². The Morgan fingerprint density at radius 1 is 1.11 bits per heavy atom. The number of halogens is 3. The van der Waals surface area contributed by atoms with Crippen LogP contribution in [-0.4, -0.2) is 95.0 Å². The first-order valence-corrected chi connectivity index (χ1v) is 16.6. The molecule has 2 aromatic heterocycles. The Morgan fingerprint density at radius 3 is 2.59 bits per heavy atom. The monoisotopic (exact) mass is 656 g/mol. The summed E-state index contributed by atoms with van der Waals surface area (Å²) in [5.74, 6) is 0.265. The van der Waals surface area contributed by atoms with E-state index in [1.54, 1.807) is 11.1 Å². The number of benzene rings is 1. The molecule has 0 N–H and O–H groups in total. The van der Waals surface area contributed by atoms with Gasteiger partial charge in [0.15, 0.2) is 5.82 Å². The second-order valence-corrected chi connectivity index (χ2v) is 14.2. The van der Waals surface area contributed by atoms with Crippen LogP contribution >= 0.6 is 11.6 Å². The molecule has 0 bridgehead atoms. The van der Waals surface area contributed by atoms with Gasteiger partial charge >= 0.3 is 12.1 Å². The fourth-order valence-corrected chi connectivity index (χ4v) is 7.18. The summed E-state index contributed by atoms with van der Waals surface area (Å²) in [5.41, 5.74) is 1.39. The van der Waals surface area contributed by atoms with E-state index in [0.717, 1.165) is 31.4 Å². The van der Waals surface area contributed by atoms with Crippen molar-refractivity contribution in [3.63, 3.8) is 0 Å². The van der Waals surface area contributed by atoms with Crippen molar-refractivity contribution in [1.29, 1.82) is 0 Å². The normalized spacial score (nSPS) is 22.9. The lowest BCUT2D eigenvalue weighted by molar-refractivity contribution is 0.0292. The molecular formula is C34H43ClF2N6O3. The molecule has 7 rings (SSSR count). The van der Waals surface area contributed by atoms with E-state index in [0.29, 0.717) is 59.8 Å². The number of pyridine rings is 1. The average molecular weight is 657 g/mol. The minimum atomic E-state index is -0.569. The van der Waals surface area contributed by atoms with Gasteiger partial charge in [-0.15, -0.1) is 0 Å². The number of ether oxygens (including phenoxy) is 2. The van der Waals surface area contributed by atoms with Crippen LogP contribution in [0.15, 0.2) is 24.4 Å². The Labute approximate surface area is 274 Å². The van der Waals surface area contributed by atoms with Gasteiger partial charge in [0, 0.05) is 55.5 Å². The first kappa shape index (κ1) is 32.6. The van der Waals surface area contributed by atoms with Gasteiger partial charge in [0.25, 0.3) is 0 Å². The summed E-state index contributed by atoms with van der Waals surface area (Å²) in [6, 6.07) is 6.11. The molecule has 4 aliphatic rings. The van der Waals surface area contributed by atoms with E-state index < -0.39 is 17.6 Å². The second kappa shape index (κ2) is 13.1. The molecular weight excluding hydrogens is 614 g/mol. The van der Waals surface area contributed by atoms with E-state index in [9.17, 15) is 9.18 Å². The fourth-order valence-electron chi connectivity index (χ4n) is 6.85. The number of fused-ring (bicyclic) bond motifs is 2. The van der Waals surface area contributed by atoms with Crippen LogP contribution in [0.1, 0.15) is 70.8 Å². The van der Waals surface area contributed by atoms with Crippen molar-refractivity contribution in [2.75, 3.05) is 45.2 Å². The molecule has 0 spiro atoms. The average Bonchev–Trinajstić information content (AvgIpc) is 3.37. The molecule has 12 heteroatoms. The molecule has 0 radical (unpaired) electrons. The van der Waals surface area contributed by atoms with E-state index >= 15 is 4.39 Å². The molecule has 1 amide bonds. The van der Waals surface area contributed by atoms with Crippen molar-refractivity contribution in [3.05, 3.63) is 40.8 Å². The molecule has 3 saturated heterocycles. The molecule has 1 saturated carbocycles. The van der Waals surface area contributed by atoms with Gasteiger partial charge < -0.3 is 19.3 Å². The van der Waals surface area contributed by atoms with Gasteiger partial charge in [0.1, 0.15) is 28.8 Å². The summed E-state index contributed by atoms with van der Waals surface area (Å²) in [6.07, 6.45) is 6.84. The molecule has 5 heterocycles. The van der Waals surface area contributed by atoms with E-state index in [1.165, 1.54) is 20.0 Å². The van der Waals surface area contributed by atoms with Crippen LogP contribution in [-0.2, 0) is 4.74 Å². The third-order valence-electron chi connectivity index (χ3n) is 9.28. The number of hydrogen-bond donors (Lipinski definition) is 0. The molecule has 3 aromatic rings. The van der Waals surface area contributed by atoms with Crippen LogP contribution in [0.4, 0.5) is 19.4 Å². The smallest absolute Gasteiger partial charge is 0.410 e. The minimum Gasteiger partial charge on any atom is -0.467 e. The number of alkyl halides is 1. The molecule has 4 fully saturated rings. The van der Waals surface area contributed by atoms with Gasteiger partial charge in [-0.25, -0.2) is 13.6 Å². The Hall–Kier alpha value is -3.31. The number of carbonyl (C=O) groups is 1. The lowest BCUT2D eigenvalue weighted by atomic mass is 9.99. The van der Waals surface area contributed by atoms with Crippen molar-refractivity contribution >= 4 is 34.4 Å². The molecule has 3 atom stereocenters. The summed E-state index contributed by atoms with van der Waals surface area (Å²) in [4.78, 5) is 31.9. The van der Waals surface area contributed by atoms with Gasteiger partial charge in [-0.3, -0.25) is 9.88 Å². The number of amides is 1. The lowest BCUT2D eigenvalue weighted by Crippen LogP contribution is -2.39. The number of hydrogen-bond acceptors (Lipinski definition) is 8. The Kier molecular flexibility index (Phi) is 9.26. The largest absolute Gasteiger partial charge is 0.467 e. The maximum atomic E-state index is 16.1. The standard InChI is InChI=1S/C27H31ClFN5O3.C7H12FN/c1-27(2,3)37-26(35)34-12-11-16(14-34)33(4)24-18-13-30-22(21(29)23(18)31-25(32-24)36-5)17-7-6-8-19(28)20(17)15-9-10-15;8-6-4-7-2-1-3-9(7)5-6/h6-8,13,15-16H,9-12,14H2,1-5H3;6-7H,1-5H2. The van der Waals surface area contributed by atoms with Crippen molar-refractivity contribution in [3.8, 4) is 17.3 Å². The number of likely N-dealkylation sites (N-methyl/N-ethyl adjacent to an activating group) is 1. The third kappa shape index (κ3) is 6.86. The highest BCUT2D eigenvalue weighted by molar-refractivity contribution is 6.32. The van der Waals surface area contributed by atoms with Crippen molar-refractivity contribution < 1.29 is 23.0 Å². The lowest BCUT2D eigenvalue weighted by Gasteiger charge is -2.28. The summed E-state index contributed by atoms with van der Waals surface area (Å²) in [6.45, 7) is 8.40. The minimum absolute atomic E-state index is 0.0486. The van der Waals surface area contributed by atoms with Gasteiger partial charge in [-0.1, -0.05) is 23.7 Å². The molecule has 9 nitrogen and oxygen atoms in total. The fraction of sp³-hybridized carbons (Fsp3) is 0.588. The summed E-state index contributed by atoms with van der Waals surface area (Å²) < 4.78 is 39.5. The zero-order valence-electron chi connectivity index (χ0n) is 27.2.